The molecule has 0 heterocycles. The van der Waals surface area contributed by atoms with E-state index in [1.807, 2.05) is 0 Å². The van der Waals surface area contributed by atoms with Crippen LogP contribution in [-0.4, -0.2) is 48.0 Å². The van der Waals surface area contributed by atoms with Gasteiger partial charge in [-0.2, -0.15) is 0 Å². The molecule has 0 bridgehead atoms. The van der Waals surface area contributed by atoms with Gasteiger partial charge in [0.1, 0.15) is 0 Å². The molecule has 0 aromatic carbocycles. The van der Waals surface area contributed by atoms with Crippen molar-refractivity contribution in [2.75, 3.05) is 20.6 Å². The maximum Gasteiger partial charge on any atom is 0.0577 e. The molecule has 4 fully saturated rings. The van der Waals surface area contributed by atoms with Gasteiger partial charge < -0.3 is 15.1 Å². The van der Waals surface area contributed by atoms with Gasteiger partial charge in [-0.25, -0.2) is 0 Å². The zero-order valence-corrected chi connectivity index (χ0v) is 19.7. The highest BCUT2D eigenvalue weighted by Gasteiger charge is 2.62. The van der Waals surface area contributed by atoms with Gasteiger partial charge in [0, 0.05) is 0 Å². The van der Waals surface area contributed by atoms with Crippen molar-refractivity contribution in [1.29, 1.82) is 0 Å². The van der Waals surface area contributed by atoms with Gasteiger partial charge in [-0.15, -0.1) is 0 Å². The van der Waals surface area contributed by atoms with Gasteiger partial charge in [0.15, 0.2) is 0 Å². The third-order valence-corrected chi connectivity index (χ3v) is 10.7. The van der Waals surface area contributed by atoms with Crippen LogP contribution in [0.4, 0.5) is 0 Å². The zero-order chi connectivity index (χ0) is 21.0. The van der Waals surface area contributed by atoms with Gasteiger partial charge in [0.2, 0.25) is 0 Å². The quantitative estimate of drug-likeness (QED) is 0.680. The molecule has 4 saturated carbocycles. The first-order chi connectivity index (χ1) is 13.7. The predicted molar refractivity (Wildman–Crippen MR) is 120 cm³/mol. The van der Waals surface area contributed by atoms with E-state index < -0.39 is 0 Å². The van der Waals surface area contributed by atoms with Crippen LogP contribution in [-0.2, 0) is 0 Å². The first kappa shape index (κ1) is 22.1. The van der Waals surface area contributed by atoms with Gasteiger partial charge in [-0.3, -0.25) is 0 Å². The van der Waals surface area contributed by atoms with Crippen molar-refractivity contribution in [3.8, 4) is 0 Å². The SMILES string of the molecule is C[C@H](CCCN(C)C)[C@H]1CC[C@H]2[C@@H]3[C@H](O)C[C@@H]4C[C@H](O)CC[C@]4(C)[C@H]3CC[C@]12C. The average molecular weight is 406 g/mol. The van der Waals surface area contributed by atoms with E-state index in [0.717, 1.165) is 31.1 Å². The van der Waals surface area contributed by atoms with Crippen LogP contribution in [0.1, 0.15) is 85.0 Å². The number of fused-ring (bicyclic) bond motifs is 5. The van der Waals surface area contributed by atoms with E-state index in [-0.39, 0.29) is 12.2 Å². The minimum absolute atomic E-state index is 0.135. The Hall–Kier alpha value is -0.120. The smallest absolute Gasteiger partial charge is 0.0577 e. The minimum Gasteiger partial charge on any atom is -0.393 e. The number of hydrogen-bond donors (Lipinski definition) is 2. The molecule has 0 unspecified atom stereocenters. The topological polar surface area (TPSA) is 43.7 Å². The second-order valence-electron chi connectivity index (χ2n) is 12.4. The van der Waals surface area contributed by atoms with Gasteiger partial charge in [0.05, 0.1) is 12.2 Å². The van der Waals surface area contributed by atoms with Gasteiger partial charge in [-0.05, 0) is 131 Å². The molecule has 29 heavy (non-hydrogen) atoms. The van der Waals surface area contributed by atoms with Crippen LogP contribution in [0.5, 0.6) is 0 Å². The van der Waals surface area contributed by atoms with E-state index in [2.05, 4.69) is 39.8 Å². The molecule has 3 heteroatoms. The molecule has 0 saturated heterocycles. The summed E-state index contributed by atoms with van der Waals surface area (Å²) in [5.41, 5.74) is 0.775. The molecule has 4 aliphatic rings. The molecule has 168 valence electrons. The van der Waals surface area contributed by atoms with Crippen molar-refractivity contribution in [2.24, 2.45) is 46.3 Å². The monoisotopic (exact) mass is 405 g/mol. The summed E-state index contributed by atoms with van der Waals surface area (Å²) in [4.78, 5) is 2.31. The number of rotatable bonds is 5. The van der Waals surface area contributed by atoms with Gasteiger partial charge >= 0.3 is 0 Å². The van der Waals surface area contributed by atoms with Crippen molar-refractivity contribution in [3.63, 3.8) is 0 Å². The first-order valence-electron chi connectivity index (χ1n) is 12.7. The molecular formula is C26H47NO2. The summed E-state index contributed by atoms with van der Waals surface area (Å²) in [6.07, 6.45) is 11.7. The number of hydrogen-bond acceptors (Lipinski definition) is 3. The molecular weight excluding hydrogens is 358 g/mol. The fourth-order valence-electron chi connectivity index (χ4n) is 9.11. The Labute approximate surface area is 179 Å². The Morgan fingerprint density at radius 3 is 2.34 bits per heavy atom. The molecule has 0 aliphatic heterocycles. The van der Waals surface area contributed by atoms with Crippen LogP contribution in [0.2, 0.25) is 0 Å². The summed E-state index contributed by atoms with van der Waals surface area (Å²) in [5, 5.41) is 21.6. The third kappa shape index (κ3) is 3.72. The lowest BCUT2D eigenvalue weighted by Gasteiger charge is -2.62. The molecule has 0 spiro atoms. The fourth-order valence-corrected chi connectivity index (χ4v) is 9.11. The van der Waals surface area contributed by atoms with Crippen LogP contribution >= 0.6 is 0 Å². The molecule has 0 aromatic heterocycles. The number of nitrogens with zero attached hydrogens (tertiary/aromatic N) is 1. The Kier molecular flexibility index (Phi) is 6.17. The Bertz CT molecular complexity index is 579. The molecule has 4 aliphatic carbocycles. The Morgan fingerprint density at radius 1 is 0.931 bits per heavy atom. The summed E-state index contributed by atoms with van der Waals surface area (Å²) in [6, 6.07) is 0. The Balaban J connectivity index is 1.50. The standard InChI is InChI=1S/C26H47NO2/c1-17(7-6-14-27(4)5)20-8-9-21-24-22(11-13-26(20,21)3)25(2)12-10-19(28)15-18(25)16-23(24)29/h17-24,28-29H,6-16H2,1-5H3/t17-,18+,19-,20-,21+,22+,23-,24+,25+,26-/m1/s1. The molecule has 2 N–H and O–H groups in total. The molecule has 0 amide bonds. The normalized spacial score (nSPS) is 50.7. The maximum atomic E-state index is 11.3. The van der Waals surface area contributed by atoms with Crippen molar-refractivity contribution in [2.45, 2.75) is 97.2 Å². The summed E-state index contributed by atoms with van der Waals surface area (Å²) in [5.74, 6) is 4.04. The lowest BCUT2D eigenvalue weighted by molar-refractivity contribution is -0.174. The molecule has 0 aromatic rings. The van der Waals surface area contributed by atoms with Crippen LogP contribution < -0.4 is 0 Å². The third-order valence-electron chi connectivity index (χ3n) is 10.7. The molecule has 10 atom stereocenters. The van der Waals surface area contributed by atoms with Crippen LogP contribution in [0.25, 0.3) is 0 Å². The highest BCUT2D eigenvalue weighted by molar-refractivity contribution is 5.11. The maximum absolute atomic E-state index is 11.3. The summed E-state index contributed by atoms with van der Waals surface area (Å²) in [6.45, 7) is 8.83. The largest absolute Gasteiger partial charge is 0.393 e. The Morgan fingerprint density at radius 2 is 1.62 bits per heavy atom. The lowest BCUT2D eigenvalue weighted by Crippen LogP contribution is -2.58. The van der Waals surface area contributed by atoms with E-state index in [1.54, 1.807) is 0 Å². The van der Waals surface area contributed by atoms with E-state index in [4.69, 9.17) is 0 Å². The highest BCUT2D eigenvalue weighted by atomic mass is 16.3. The average Bonchev–Trinajstić information content (AvgIpc) is 3.00. The van der Waals surface area contributed by atoms with Crippen LogP contribution in [0.15, 0.2) is 0 Å². The van der Waals surface area contributed by atoms with Crippen molar-refractivity contribution in [3.05, 3.63) is 0 Å². The first-order valence-corrected chi connectivity index (χ1v) is 12.7. The highest BCUT2D eigenvalue weighted by Crippen LogP contribution is 2.68. The van der Waals surface area contributed by atoms with Crippen molar-refractivity contribution < 1.29 is 10.2 Å². The molecule has 4 rings (SSSR count). The predicted octanol–water partition coefficient (Wildman–Crippen LogP) is 4.95. The lowest BCUT2D eigenvalue weighted by atomic mass is 9.43. The molecule has 0 radical (unpaired) electrons. The second-order valence-corrected chi connectivity index (χ2v) is 12.4. The van der Waals surface area contributed by atoms with Crippen molar-refractivity contribution in [1.82, 2.24) is 4.90 Å². The minimum atomic E-state index is -0.143. The van der Waals surface area contributed by atoms with E-state index in [9.17, 15) is 10.2 Å². The van der Waals surface area contributed by atoms with Crippen LogP contribution in [0.3, 0.4) is 0 Å². The van der Waals surface area contributed by atoms with Crippen molar-refractivity contribution >= 4 is 0 Å². The summed E-state index contributed by atoms with van der Waals surface area (Å²) >= 11 is 0. The summed E-state index contributed by atoms with van der Waals surface area (Å²) in [7, 11) is 4.36. The van der Waals surface area contributed by atoms with E-state index >= 15 is 0 Å². The second kappa shape index (κ2) is 8.10. The fraction of sp³-hybridized carbons (Fsp3) is 1.00. The van der Waals surface area contributed by atoms with Gasteiger partial charge in [-0.1, -0.05) is 20.8 Å². The number of aliphatic hydroxyl groups is 2. The molecule has 3 nitrogen and oxygen atoms in total. The zero-order valence-electron chi connectivity index (χ0n) is 19.7. The van der Waals surface area contributed by atoms with Gasteiger partial charge in [0.25, 0.3) is 0 Å². The van der Waals surface area contributed by atoms with Crippen LogP contribution in [0, 0.1) is 46.3 Å². The van der Waals surface area contributed by atoms with E-state index in [0.29, 0.717) is 34.5 Å². The van der Waals surface area contributed by atoms with E-state index in [1.165, 1.54) is 51.5 Å². The number of aliphatic hydroxyl groups excluding tert-OH is 2. The summed E-state index contributed by atoms with van der Waals surface area (Å²) < 4.78 is 0.